The van der Waals surface area contributed by atoms with E-state index in [1.807, 2.05) is 13.0 Å². The molecule has 0 bridgehead atoms. The van der Waals surface area contributed by atoms with E-state index in [0.29, 0.717) is 0 Å². The molecular formula is C17H19BrFNO. The first kappa shape index (κ1) is 16.0. The third-order valence-electron chi connectivity index (χ3n) is 3.48. The molecule has 2 rings (SSSR count). The average Bonchev–Trinajstić information content (AvgIpc) is 2.46. The van der Waals surface area contributed by atoms with E-state index in [0.717, 1.165) is 16.6 Å². The minimum atomic E-state index is -0.333. The fourth-order valence-electron chi connectivity index (χ4n) is 2.13. The highest BCUT2D eigenvalue weighted by Crippen LogP contribution is 2.23. The maximum atomic E-state index is 13.7. The van der Waals surface area contributed by atoms with E-state index >= 15 is 0 Å². The Morgan fingerprint density at radius 1 is 1.24 bits per heavy atom. The van der Waals surface area contributed by atoms with E-state index in [1.54, 1.807) is 6.07 Å². The number of aryl methyl sites for hydroxylation is 1. The van der Waals surface area contributed by atoms with Crippen LogP contribution < -0.4 is 10.1 Å². The average molecular weight is 352 g/mol. The molecule has 0 radical (unpaired) electrons. The van der Waals surface area contributed by atoms with Gasteiger partial charge in [-0.25, -0.2) is 4.39 Å². The van der Waals surface area contributed by atoms with Crippen molar-refractivity contribution < 1.29 is 9.13 Å². The minimum absolute atomic E-state index is 0.0543. The van der Waals surface area contributed by atoms with Crippen molar-refractivity contribution >= 4 is 15.9 Å². The summed E-state index contributed by atoms with van der Waals surface area (Å²) in [4.78, 5) is 0. The van der Waals surface area contributed by atoms with E-state index in [1.165, 1.54) is 24.3 Å². The van der Waals surface area contributed by atoms with Crippen LogP contribution in [0.3, 0.4) is 0 Å². The van der Waals surface area contributed by atoms with Gasteiger partial charge in [0.1, 0.15) is 0 Å². The summed E-state index contributed by atoms with van der Waals surface area (Å²) in [6.45, 7) is 4.80. The topological polar surface area (TPSA) is 21.3 Å². The smallest absolute Gasteiger partial charge is 0.165 e. The fourth-order valence-corrected chi connectivity index (χ4v) is 2.76. The summed E-state index contributed by atoms with van der Waals surface area (Å²) in [5.74, 6) is -0.0626. The highest BCUT2D eigenvalue weighted by atomic mass is 79.9. The first-order chi connectivity index (χ1) is 10.0. The Hall–Kier alpha value is -1.39. The lowest BCUT2D eigenvalue weighted by Crippen LogP contribution is -2.18. The maximum Gasteiger partial charge on any atom is 0.165 e. The lowest BCUT2D eigenvalue weighted by molar-refractivity contribution is 0.385. The molecule has 0 aliphatic carbocycles. The molecule has 2 nitrogen and oxygen atoms in total. The minimum Gasteiger partial charge on any atom is -0.494 e. The SMILES string of the molecule is COc1ccc(C(C)NCc2ccc(C)cc2Br)cc1F. The molecule has 2 aromatic carbocycles. The second-order valence-corrected chi connectivity index (χ2v) is 5.95. The van der Waals surface area contributed by atoms with E-state index in [-0.39, 0.29) is 17.6 Å². The van der Waals surface area contributed by atoms with E-state index in [4.69, 9.17) is 4.74 Å². The summed E-state index contributed by atoms with van der Waals surface area (Å²) in [6.07, 6.45) is 0. The summed E-state index contributed by atoms with van der Waals surface area (Å²) in [5, 5.41) is 3.40. The number of hydrogen-bond acceptors (Lipinski definition) is 2. The number of hydrogen-bond donors (Lipinski definition) is 1. The molecule has 112 valence electrons. The molecule has 0 saturated carbocycles. The normalized spacial score (nSPS) is 12.2. The van der Waals surface area contributed by atoms with Gasteiger partial charge in [0.05, 0.1) is 7.11 Å². The summed E-state index contributed by atoms with van der Waals surface area (Å²) in [5.41, 5.74) is 3.30. The van der Waals surface area contributed by atoms with Gasteiger partial charge >= 0.3 is 0 Å². The van der Waals surface area contributed by atoms with Crippen LogP contribution in [-0.2, 0) is 6.54 Å². The molecule has 0 aromatic heterocycles. The summed E-state index contributed by atoms with van der Waals surface area (Å²) >= 11 is 3.57. The first-order valence-electron chi connectivity index (χ1n) is 6.83. The monoisotopic (exact) mass is 351 g/mol. The van der Waals surface area contributed by atoms with Crippen LogP contribution in [0, 0.1) is 12.7 Å². The van der Waals surface area contributed by atoms with Crippen molar-refractivity contribution in [2.45, 2.75) is 26.4 Å². The predicted octanol–water partition coefficient (Wildman–Crippen LogP) is 4.76. The number of rotatable bonds is 5. The molecule has 2 aromatic rings. The van der Waals surface area contributed by atoms with Crippen LogP contribution in [0.2, 0.25) is 0 Å². The van der Waals surface area contributed by atoms with Crippen LogP contribution >= 0.6 is 15.9 Å². The van der Waals surface area contributed by atoms with E-state index in [2.05, 4.69) is 46.4 Å². The van der Waals surface area contributed by atoms with Crippen molar-refractivity contribution in [3.63, 3.8) is 0 Å². The first-order valence-corrected chi connectivity index (χ1v) is 7.62. The molecule has 0 spiro atoms. The number of methoxy groups -OCH3 is 1. The van der Waals surface area contributed by atoms with Crippen LogP contribution in [0.5, 0.6) is 5.75 Å². The molecule has 0 saturated heterocycles. The Kier molecular flexibility index (Phi) is 5.37. The highest BCUT2D eigenvalue weighted by Gasteiger charge is 2.10. The number of benzene rings is 2. The number of halogens is 2. The molecule has 0 heterocycles. The molecule has 1 N–H and O–H groups in total. The third-order valence-corrected chi connectivity index (χ3v) is 4.22. The second kappa shape index (κ2) is 7.05. The Bertz CT molecular complexity index is 630. The van der Waals surface area contributed by atoms with Gasteiger partial charge in [-0.05, 0) is 48.7 Å². The van der Waals surface area contributed by atoms with Gasteiger partial charge in [-0.2, -0.15) is 0 Å². The van der Waals surface area contributed by atoms with Gasteiger partial charge in [-0.3, -0.25) is 0 Å². The van der Waals surface area contributed by atoms with Crippen molar-refractivity contribution in [1.29, 1.82) is 0 Å². The Labute approximate surface area is 133 Å². The second-order valence-electron chi connectivity index (χ2n) is 5.09. The molecule has 1 atom stereocenters. The Balaban J connectivity index is 2.04. The summed E-state index contributed by atoms with van der Waals surface area (Å²) in [7, 11) is 1.47. The standard InChI is InChI=1S/C17H19BrFNO/c1-11-4-5-14(15(18)8-11)10-20-12(2)13-6-7-17(21-3)16(19)9-13/h4-9,12,20H,10H2,1-3H3. The highest BCUT2D eigenvalue weighted by molar-refractivity contribution is 9.10. The van der Waals surface area contributed by atoms with Gasteiger partial charge < -0.3 is 10.1 Å². The Morgan fingerprint density at radius 3 is 2.62 bits per heavy atom. The van der Waals surface area contributed by atoms with E-state index in [9.17, 15) is 4.39 Å². The number of nitrogens with one attached hydrogen (secondary N) is 1. The van der Waals surface area contributed by atoms with Crippen LogP contribution in [0.15, 0.2) is 40.9 Å². The van der Waals surface area contributed by atoms with Gasteiger partial charge in [-0.15, -0.1) is 0 Å². The molecule has 0 aliphatic rings. The quantitative estimate of drug-likeness (QED) is 0.838. The largest absolute Gasteiger partial charge is 0.494 e. The third kappa shape index (κ3) is 4.05. The zero-order valence-electron chi connectivity index (χ0n) is 12.4. The van der Waals surface area contributed by atoms with Crippen LogP contribution in [-0.4, -0.2) is 7.11 Å². The number of ether oxygens (including phenoxy) is 1. The summed E-state index contributed by atoms with van der Waals surface area (Å²) in [6, 6.07) is 11.4. The molecule has 0 fully saturated rings. The predicted molar refractivity (Wildman–Crippen MR) is 87.1 cm³/mol. The van der Waals surface area contributed by atoms with Crippen molar-refractivity contribution in [3.05, 3.63) is 63.4 Å². The molecule has 0 aliphatic heterocycles. The van der Waals surface area contributed by atoms with Crippen molar-refractivity contribution in [2.24, 2.45) is 0 Å². The zero-order valence-corrected chi connectivity index (χ0v) is 14.0. The summed E-state index contributed by atoms with van der Waals surface area (Å²) < 4.78 is 19.7. The van der Waals surface area contributed by atoms with E-state index < -0.39 is 0 Å². The van der Waals surface area contributed by atoms with Crippen molar-refractivity contribution in [1.82, 2.24) is 5.32 Å². The van der Waals surface area contributed by atoms with Crippen LogP contribution in [0.25, 0.3) is 0 Å². The van der Waals surface area contributed by atoms with Gasteiger partial charge in [0.15, 0.2) is 11.6 Å². The van der Waals surface area contributed by atoms with Gasteiger partial charge in [0.2, 0.25) is 0 Å². The zero-order chi connectivity index (χ0) is 15.4. The van der Waals surface area contributed by atoms with Crippen LogP contribution in [0.4, 0.5) is 4.39 Å². The molecular weight excluding hydrogens is 333 g/mol. The fraction of sp³-hybridized carbons (Fsp3) is 0.294. The molecule has 0 amide bonds. The van der Waals surface area contributed by atoms with Crippen molar-refractivity contribution in [3.8, 4) is 5.75 Å². The maximum absolute atomic E-state index is 13.7. The molecule has 4 heteroatoms. The molecule has 21 heavy (non-hydrogen) atoms. The van der Waals surface area contributed by atoms with Gasteiger partial charge in [0.25, 0.3) is 0 Å². The van der Waals surface area contributed by atoms with Crippen molar-refractivity contribution in [2.75, 3.05) is 7.11 Å². The Morgan fingerprint density at radius 2 is 2.00 bits per heavy atom. The van der Waals surface area contributed by atoms with Crippen LogP contribution in [0.1, 0.15) is 29.7 Å². The lowest BCUT2D eigenvalue weighted by atomic mass is 10.1. The van der Waals surface area contributed by atoms with Gasteiger partial charge in [0, 0.05) is 17.1 Å². The van der Waals surface area contributed by atoms with Gasteiger partial charge in [-0.1, -0.05) is 34.1 Å². The molecule has 1 unspecified atom stereocenters. The lowest BCUT2D eigenvalue weighted by Gasteiger charge is -2.16.